The van der Waals surface area contributed by atoms with Crippen LogP contribution in [-0.2, 0) is 29.4 Å². The first-order valence-electron chi connectivity index (χ1n) is 25.9. The van der Waals surface area contributed by atoms with E-state index >= 15 is 0 Å². The smallest absolute Gasteiger partial charge is 0.399 e. The second-order valence-corrected chi connectivity index (χ2v) is 22.3. The van der Waals surface area contributed by atoms with Gasteiger partial charge in [-0.15, -0.1) is 0 Å². The van der Waals surface area contributed by atoms with E-state index in [2.05, 4.69) is 178 Å². The van der Waals surface area contributed by atoms with Crippen molar-refractivity contribution in [3.05, 3.63) is 143 Å². The number of benzene rings is 5. The van der Waals surface area contributed by atoms with Crippen molar-refractivity contribution in [1.29, 1.82) is 0 Å². The summed E-state index contributed by atoms with van der Waals surface area (Å²) in [5.41, 5.74) is 13.5. The number of rotatable bonds is 18. The van der Waals surface area contributed by atoms with Gasteiger partial charge in [-0.2, -0.15) is 0 Å². The third-order valence-electron chi connectivity index (χ3n) is 17.1. The molecular formula is C60H76B2O4. The third-order valence-corrected chi connectivity index (χ3v) is 17.1. The van der Waals surface area contributed by atoms with E-state index in [1.165, 1.54) is 134 Å². The predicted molar refractivity (Wildman–Crippen MR) is 277 cm³/mol. The van der Waals surface area contributed by atoms with Crippen molar-refractivity contribution in [3.8, 4) is 22.3 Å². The Hall–Kier alpha value is -3.93. The molecule has 6 heteroatoms. The first-order valence-corrected chi connectivity index (χ1v) is 25.9. The first kappa shape index (κ1) is 47.1. The van der Waals surface area contributed by atoms with Gasteiger partial charge in [0.15, 0.2) is 0 Å². The molecule has 4 aliphatic rings. The Labute approximate surface area is 399 Å². The highest BCUT2D eigenvalue weighted by molar-refractivity contribution is 6.62. The molecule has 5 aromatic carbocycles. The highest BCUT2D eigenvalue weighted by atomic mass is 16.7. The molecule has 4 nitrogen and oxygen atoms in total. The fraction of sp³-hybridized carbons (Fsp3) is 0.500. The van der Waals surface area contributed by atoms with Crippen LogP contribution in [0, 0.1) is 0 Å². The van der Waals surface area contributed by atoms with Crippen molar-refractivity contribution in [2.75, 3.05) is 0 Å². The lowest BCUT2D eigenvalue weighted by atomic mass is 9.65. The molecule has 2 saturated heterocycles. The van der Waals surface area contributed by atoms with E-state index in [-0.39, 0.29) is 5.41 Å². The number of unbranched alkanes of at least 4 members (excludes halogenated alkanes) is 10. The van der Waals surface area contributed by atoms with Gasteiger partial charge in [0.25, 0.3) is 0 Å². The monoisotopic (exact) mass is 883 g/mol. The molecule has 0 atom stereocenters. The van der Waals surface area contributed by atoms with Gasteiger partial charge in [0.1, 0.15) is 0 Å². The molecule has 0 bridgehead atoms. The Morgan fingerprint density at radius 3 is 1.18 bits per heavy atom. The van der Waals surface area contributed by atoms with Crippen molar-refractivity contribution in [2.45, 2.75) is 192 Å². The van der Waals surface area contributed by atoms with Crippen LogP contribution in [0.15, 0.2) is 109 Å². The third kappa shape index (κ3) is 7.98. The Morgan fingerprint density at radius 2 is 0.727 bits per heavy atom. The van der Waals surface area contributed by atoms with Crippen LogP contribution < -0.4 is 10.9 Å². The lowest BCUT2D eigenvalue weighted by Gasteiger charge is -2.35. The molecule has 2 heterocycles. The molecule has 66 heavy (non-hydrogen) atoms. The first-order chi connectivity index (χ1) is 31.6. The lowest BCUT2D eigenvalue weighted by molar-refractivity contribution is 0.00578. The highest BCUT2D eigenvalue weighted by Crippen LogP contribution is 2.61. The van der Waals surface area contributed by atoms with Gasteiger partial charge in [-0.1, -0.05) is 188 Å². The molecule has 0 unspecified atom stereocenters. The van der Waals surface area contributed by atoms with Crippen LogP contribution in [0.3, 0.4) is 0 Å². The summed E-state index contributed by atoms with van der Waals surface area (Å²) in [7, 11) is -0.873. The van der Waals surface area contributed by atoms with Crippen LogP contribution in [0.5, 0.6) is 0 Å². The summed E-state index contributed by atoms with van der Waals surface area (Å²) in [5.74, 6) is 0. The number of hydrogen-bond acceptors (Lipinski definition) is 4. The normalized spacial score (nSPS) is 19.7. The summed E-state index contributed by atoms with van der Waals surface area (Å²) in [4.78, 5) is 0. The van der Waals surface area contributed by atoms with E-state index in [1.807, 2.05) is 0 Å². The van der Waals surface area contributed by atoms with Crippen molar-refractivity contribution >= 4 is 25.2 Å². The van der Waals surface area contributed by atoms with Gasteiger partial charge >= 0.3 is 14.2 Å². The van der Waals surface area contributed by atoms with Gasteiger partial charge in [-0.05, 0) is 147 Å². The SMILES string of the molecule is CCCCCCCCC1(CCCCCCCC)c2ccccc2-c2cc3c(cc21)-c1ccccc1C3(c1ccc(B2OC(C)(C)C(C)(C)O2)cc1)c1ccc(B2OC(C)(C)C(C)(C)O2)cc1. The Bertz CT molecular complexity index is 2370. The average Bonchev–Trinajstić information content (AvgIpc) is 3.91. The minimum absolute atomic E-state index is 0.00830. The Kier molecular flexibility index (Phi) is 13.0. The van der Waals surface area contributed by atoms with Gasteiger partial charge in [-0.3, -0.25) is 0 Å². The molecule has 2 aliphatic heterocycles. The molecule has 0 spiro atoms. The van der Waals surface area contributed by atoms with Crippen LogP contribution >= 0.6 is 0 Å². The minimum atomic E-state index is -0.595. The molecule has 2 fully saturated rings. The average molecular weight is 883 g/mol. The lowest BCUT2D eigenvalue weighted by Crippen LogP contribution is -2.41. The van der Waals surface area contributed by atoms with Crippen molar-refractivity contribution in [2.24, 2.45) is 0 Å². The van der Waals surface area contributed by atoms with Gasteiger partial charge in [0.05, 0.1) is 27.8 Å². The summed E-state index contributed by atoms with van der Waals surface area (Å²) in [6.07, 6.45) is 18.1. The van der Waals surface area contributed by atoms with Gasteiger partial charge in [0.2, 0.25) is 0 Å². The Morgan fingerprint density at radius 1 is 0.364 bits per heavy atom. The maximum Gasteiger partial charge on any atom is 0.494 e. The van der Waals surface area contributed by atoms with E-state index in [9.17, 15) is 0 Å². The summed E-state index contributed by atoms with van der Waals surface area (Å²) in [5, 5.41) is 0. The van der Waals surface area contributed by atoms with E-state index in [0.717, 1.165) is 10.9 Å². The molecule has 0 aromatic heterocycles. The molecule has 346 valence electrons. The summed E-state index contributed by atoms with van der Waals surface area (Å²) in [6, 6.07) is 42.4. The summed E-state index contributed by atoms with van der Waals surface area (Å²) >= 11 is 0. The van der Waals surface area contributed by atoms with Crippen molar-refractivity contribution in [1.82, 2.24) is 0 Å². The van der Waals surface area contributed by atoms with Crippen LogP contribution in [0.4, 0.5) is 0 Å². The molecule has 5 aromatic rings. The summed E-state index contributed by atoms with van der Waals surface area (Å²) in [6.45, 7) is 21.7. The number of fused-ring (bicyclic) bond motifs is 6. The van der Waals surface area contributed by atoms with Crippen molar-refractivity contribution < 1.29 is 18.6 Å². The van der Waals surface area contributed by atoms with Crippen LogP contribution in [0.2, 0.25) is 0 Å². The fourth-order valence-corrected chi connectivity index (χ4v) is 11.8. The number of hydrogen-bond donors (Lipinski definition) is 0. The van der Waals surface area contributed by atoms with Gasteiger partial charge in [0, 0.05) is 5.41 Å². The zero-order valence-electron chi connectivity index (χ0n) is 42.1. The van der Waals surface area contributed by atoms with Crippen LogP contribution in [0.1, 0.15) is 193 Å². The van der Waals surface area contributed by atoms with Gasteiger partial charge < -0.3 is 18.6 Å². The standard InChI is InChI=1S/C60H76B2O4/c1-11-13-15-17-19-25-39-59(40-26-20-18-16-14-12-2)51-29-23-21-27-47(51)49-42-54-50(41-53(49)59)48-28-22-24-30-52(48)60(54,43-31-35-45(36-32-43)61-63-55(3,4)56(5,6)64-61)44-33-37-46(38-34-44)62-65-57(7,8)58(9,10)66-62/h21-24,27-38,41-42H,11-20,25-26,39-40H2,1-10H3. The zero-order valence-corrected chi connectivity index (χ0v) is 42.1. The molecule has 0 saturated carbocycles. The molecule has 9 rings (SSSR count). The van der Waals surface area contributed by atoms with E-state index in [0.29, 0.717) is 0 Å². The highest BCUT2D eigenvalue weighted by Gasteiger charge is 2.54. The van der Waals surface area contributed by atoms with Crippen LogP contribution in [0.25, 0.3) is 22.3 Å². The maximum atomic E-state index is 6.59. The maximum absolute atomic E-state index is 6.59. The quantitative estimate of drug-likeness (QED) is 0.0637. The Balaban J connectivity index is 1.21. The molecule has 2 aliphatic carbocycles. The fourth-order valence-electron chi connectivity index (χ4n) is 11.8. The largest absolute Gasteiger partial charge is 0.494 e. The minimum Gasteiger partial charge on any atom is -0.399 e. The molecule has 0 amide bonds. The second-order valence-electron chi connectivity index (χ2n) is 22.3. The predicted octanol–water partition coefficient (Wildman–Crippen LogP) is 14.4. The van der Waals surface area contributed by atoms with Gasteiger partial charge in [-0.25, -0.2) is 0 Å². The molecular weight excluding hydrogens is 806 g/mol. The van der Waals surface area contributed by atoms with E-state index < -0.39 is 42.1 Å². The molecule has 0 N–H and O–H groups in total. The van der Waals surface area contributed by atoms with Crippen molar-refractivity contribution in [3.63, 3.8) is 0 Å². The topological polar surface area (TPSA) is 36.9 Å². The van der Waals surface area contributed by atoms with Crippen LogP contribution in [-0.4, -0.2) is 36.6 Å². The zero-order chi connectivity index (χ0) is 46.5. The molecule has 0 radical (unpaired) electrons. The summed E-state index contributed by atoms with van der Waals surface area (Å²) < 4.78 is 26.4. The second kappa shape index (κ2) is 18.2. The van der Waals surface area contributed by atoms with E-state index in [4.69, 9.17) is 18.6 Å². The van der Waals surface area contributed by atoms with E-state index in [1.54, 1.807) is 11.1 Å².